The minimum absolute atomic E-state index is 0.0631. The van der Waals surface area contributed by atoms with Gasteiger partial charge < -0.3 is 10.1 Å². The summed E-state index contributed by atoms with van der Waals surface area (Å²) >= 11 is 1.33. The molecule has 1 aromatic rings. The van der Waals surface area contributed by atoms with Crippen LogP contribution in [0.4, 0.5) is 5.00 Å². The van der Waals surface area contributed by atoms with E-state index >= 15 is 0 Å². The van der Waals surface area contributed by atoms with E-state index in [1.807, 2.05) is 13.8 Å². The standard InChI is InChI=1S/C15H21NO5S2/c1-4-21-15(18)13-9(2)10(3)22-14(13)16-12(17)7-11-5-6-23(19,20)8-11/h11H,4-8H2,1-3H3,(H,16,17)/t11-/m1/s1. The first-order chi connectivity index (χ1) is 10.7. The molecule has 1 fully saturated rings. The second-order valence-corrected chi connectivity index (χ2v) is 9.18. The third kappa shape index (κ3) is 4.32. The number of hydrogen-bond acceptors (Lipinski definition) is 6. The molecule has 23 heavy (non-hydrogen) atoms. The van der Waals surface area contributed by atoms with Gasteiger partial charge in [0.15, 0.2) is 9.84 Å². The van der Waals surface area contributed by atoms with Crippen LogP contribution in [0.25, 0.3) is 0 Å². The van der Waals surface area contributed by atoms with Crippen molar-refractivity contribution in [2.75, 3.05) is 23.4 Å². The molecular formula is C15H21NO5S2. The van der Waals surface area contributed by atoms with Gasteiger partial charge in [-0.1, -0.05) is 0 Å². The molecule has 1 atom stereocenters. The summed E-state index contributed by atoms with van der Waals surface area (Å²) in [6, 6.07) is 0. The molecule has 1 aliphatic heterocycles. The molecule has 1 saturated heterocycles. The lowest BCUT2D eigenvalue weighted by atomic mass is 10.1. The zero-order valence-electron chi connectivity index (χ0n) is 13.5. The molecule has 0 bridgehead atoms. The minimum Gasteiger partial charge on any atom is -0.462 e. The number of amides is 1. The van der Waals surface area contributed by atoms with E-state index in [1.54, 1.807) is 6.92 Å². The van der Waals surface area contributed by atoms with Crippen LogP contribution in [0.15, 0.2) is 0 Å². The Morgan fingerprint density at radius 2 is 2.04 bits per heavy atom. The second-order valence-electron chi connectivity index (χ2n) is 5.73. The predicted molar refractivity (Wildman–Crippen MR) is 89.8 cm³/mol. The summed E-state index contributed by atoms with van der Waals surface area (Å²) in [7, 11) is -3.00. The number of hydrogen-bond donors (Lipinski definition) is 1. The van der Waals surface area contributed by atoms with Crippen LogP contribution in [0.2, 0.25) is 0 Å². The van der Waals surface area contributed by atoms with E-state index in [0.717, 1.165) is 10.4 Å². The maximum atomic E-state index is 12.2. The van der Waals surface area contributed by atoms with Crippen molar-refractivity contribution in [2.45, 2.75) is 33.6 Å². The highest BCUT2D eigenvalue weighted by Gasteiger charge is 2.30. The van der Waals surface area contributed by atoms with E-state index in [0.29, 0.717) is 17.0 Å². The summed E-state index contributed by atoms with van der Waals surface area (Å²) in [6.07, 6.45) is 0.667. The summed E-state index contributed by atoms with van der Waals surface area (Å²) in [4.78, 5) is 25.2. The average molecular weight is 359 g/mol. The number of esters is 1. The first-order valence-electron chi connectivity index (χ1n) is 7.51. The largest absolute Gasteiger partial charge is 0.462 e. The van der Waals surface area contributed by atoms with Gasteiger partial charge in [0.05, 0.1) is 23.7 Å². The normalized spacial score (nSPS) is 19.5. The van der Waals surface area contributed by atoms with Gasteiger partial charge in [-0.15, -0.1) is 11.3 Å². The molecule has 0 unspecified atom stereocenters. The third-order valence-corrected chi connectivity index (χ3v) is 6.88. The lowest BCUT2D eigenvalue weighted by Gasteiger charge is -2.09. The SMILES string of the molecule is CCOC(=O)c1c(NC(=O)C[C@H]2CCS(=O)(=O)C2)sc(C)c1C. The fraction of sp³-hybridized carbons (Fsp3) is 0.600. The summed E-state index contributed by atoms with van der Waals surface area (Å²) in [5.74, 6) is -0.649. The summed E-state index contributed by atoms with van der Waals surface area (Å²) < 4.78 is 27.9. The molecule has 1 aliphatic rings. The van der Waals surface area contributed by atoms with Crippen molar-refractivity contribution in [3.05, 3.63) is 16.0 Å². The van der Waals surface area contributed by atoms with E-state index in [2.05, 4.69) is 5.32 Å². The Kier molecular flexibility index (Phi) is 5.46. The fourth-order valence-electron chi connectivity index (χ4n) is 2.64. The molecule has 128 valence electrons. The molecule has 8 heteroatoms. The molecule has 0 spiro atoms. The molecule has 2 heterocycles. The number of ether oxygens (including phenoxy) is 1. The van der Waals surface area contributed by atoms with E-state index < -0.39 is 15.8 Å². The quantitative estimate of drug-likeness (QED) is 0.815. The number of nitrogens with one attached hydrogen (secondary N) is 1. The predicted octanol–water partition coefficient (Wildman–Crippen LogP) is 2.30. The molecule has 1 N–H and O–H groups in total. The van der Waals surface area contributed by atoms with Crippen LogP contribution in [0.1, 0.15) is 40.6 Å². The molecule has 0 radical (unpaired) electrons. The molecule has 6 nitrogen and oxygen atoms in total. The number of thiophene rings is 1. The van der Waals surface area contributed by atoms with Gasteiger partial charge in [-0.2, -0.15) is 0 Å². The Morgan fingerprint density at radius 1 is 1.35 bits per heavy atom. The highest BCUT2D eigenvalue weighted by atomic mass is 32.2. The number of carbonyl (C=O) groups is 2. The molecule has 0 saturated carbocycles. The van der Waals surface area contributed by atoms with E-state index in [9.17, 15) is 18.0 Å². The van der Waals surface area contributed by atoms with Crippen LogP contribution in [0.5, 0.6) is 0 Å². The smallest absolute Gasteiger partial charge is 0.341 e. The van der Waals surface area contributed by atoms with Crippen LogP contribution in [0.3, 0.4) is 0 Å². The van der Waals surface area contributed by atoms with Crippen LogP contribution >= 0.6 is 11.3 Å². The fourth-order valence-corrected chi connectivity index (χ4v) is 5.56. The number of anilines is 1. The Morgan fingerprint density at radius 3 is 2.61 bits per heavy atom. The highest BCUT2D eigenvalue weighted by molar-refractivity contribution is 7.91. The monoisotopic (exact) mass is 359 g/mol. The van der Waals surface area contributed by atoms with Crippen molar-refractivity contribution in [1.82, 2.24) is 0 Å². The Bertz CT molecular complexity index is 720. The van der Waals surface area contributed by atoms with E-state index in [1.165, 1.54) is 11.3 Å². The Labute approximate surface area is 140 Å². The van der Waals surface area contributed by atoms with E-state index in [-0.39, 0.29) is 36.4 Å². The maximum absolute atomic E-state index is 12.2. The van der Waals surface area contributed by atoms with Gasteiger partial charge in [0.1, 0.15) is 5.00 Å². The molecular weight excluding hydrogens is 338 g/mol. The lowest BCUT2D eigenvalue weighted by Crippen LogP contribution is -2.18. The first-order valence-corrected chi connectivity index (χ1v) is 10.1. The zero-order valence-corrected chi connectivity index (χ0v) is 15.1. The summed E-state index contributed by atoms with van der Waals surface area (Å²) in [5.41, 5.74) is 1.19. The van der Waals surface area contributed by atoms with Crippen LogP contribution < -0.4 is 5.32 Å². The molecule has 0 aliphatic carbocycles. The Balaban J connectivity index is 2.09. The average Bonchev–Trinajstić information content (AvgIpc) is 2.90. The highest BCUT2D eigenvalue weighted by Crippen LogP contribution is 2.33. The van der Waals surface area contributed by atoms with Gasteiger partial charge in [0, 0.05) is 11.3 Å². The van der Waals surface area contributed by atoms with Crippen molar-refractivity contribution in [2.24, 2.45) is 5.92 Å². The number of rotatable bonds is 5. The molecule has 0 aromatic carbocycles. The minimum atomic E-state index is -3.00. The second kappa shape index (κ2) is 7.00. The Hall–Kier alpha value is -1.41. The molecule has 1 amide bonds. The van der Waals surface area contributed by atoms with Crippen molar-refractivity contribution in [3.63, 3.8) is 0 Å². The van der Waals surface area contributed by atoms with Gasteiger partial charge in [-0.25, -0.2) is 13.2 Å². The van der Waals surface area contributed by atoms with Gasteiger partial charge in [0.2, 0.25) is 5.91 Å². The molecule has 2 rings (SSSR count). The van der Waals surface area contributed by atoms with Gasteiger partial charge in [0.25, 0.3) is 0 Å². The van der Waals surface area contributed by atoms with E-state index in [4.69, 9.17) is 4.74 Å². The summed E-state index contributed by atoms with van der Waals surface area (Å²) in [5, 5.41) is 3.23. The van der Waals surface area contributed by atoms with Gasteiger partial charge in [-0.3, -0.25) is 4.79 Å². The maximum Gasteiger partial charge on any atom is 0.341 e. The van der Waals surface area contributed by atoms with Crippen molar-refractivity contribution in [1.29, 1.82) is 0 Å². The van der Waals surface area contributed by atoms with Crippen molar-refractivity contribution >= 4 is 38.1 Å². The van der Waals surface area contributed by atoms with Crippen LogP contribution in [-0.4, -0.2) is 38.4 Å². The first kappa shape index (κ1) is 17.9. The van der Waals surface area contributed by atoms with Crippen molar-refractivity contribution in [3.8, 4) is 0 Å². The number of carbonyl (C=O) groups excluding carboxylic acids is 2. The third-order valence-electron chi connectivity index (χ3n) is 3.92. The number of sulfone groups is 1. The van der Waals surface area contributed by atoms with Crippen molar-refractivity contribution < 1.29 is 22.7 Å². The topological polar surface area (TPSA) is 89.5 Å². The van der Waals surface area contributed by atoms with Gasteiger partial charge >= 0.3 is 5.97 Å². The lowest BCUT2D eigenvalue weighted by molar-refractivity contribution is -0.116. The molecule has 1 aromatic heterocycles. The van der Waals surface area contributed by atoms with Crippen LogP contribution in [-0.2, 0) is 19.4 Å². The van der Waals surface area contributed by atoms with Crippen LogP contribution in [0, 0.1) is 19.8 Å². The number of aryl methyl sites for hydroxylation is 1. The summed E-state index contributed by atoms with van der Waals surface area (Å²) in [6.45, 7) is 5.69. The van der Waals surface area contributed by atoms with Gasteiger partial charge in [-0.05, 0) is 38.7 Å². The zero-order chi connectivity index (χ0) is 17.2.